The van der Waals surface area contributed by atoms with Crippen molar-refractivity contribution in [1.82, 2.24) is 16.0 Å². The monoisotopic (exact) mass is 479 g/mol. The van der Waals surface area contributed by atoms with Crippen LogP contribution >= 0.6 is 12.6 Å². The van der Waals surface area contributed by atoms with Crippen LogP contribution in [0.5, 0.6) is 0 Å². The molecule has 12 N–H and O–H groups in total. The molecule has 0 aromatic rings. The van der Waals surface area contributed by atoms with Crippen molar-refractivity contribution in [2.75, 3.05) is 12.3 Å². The molecule has 32 heavy (non-hydrogen) atoms. The zero-order chi connectivity index (χ0) is 25.0. The lowest BCUT2D eigenvalue weighted by atomic mass is 10.1. The molecule has 184 valence electrons. The maximum Gasteiger partial charge on any atom is 0.328 e. The number of nitrogens with zero attached hydrogens (tertiary/aromatic N) is 1. The largest absolute Gasteiger partial charge is 0.480 e. The van der Waals surface area contributed by atoms with Crippen LogP contribution in [0.3, 0.4) is 0 Å². The number of carbonyl (C=O) groups is 4. The second-order valence-electron chi connectivity index (χ2n) is 7.09. The summed E-state index contributed by atoms with van der Waals surface area (Å²) in [4.78, 5) is 52.3. The highest BCUT2D eigenvalue weighted by molar-refractivity contribution is 7.80. The molecular formula is C17H33N7O7S. The predicted octanol–water partition coefficient (Wildman–Crippen LogP) is -4.40. The van der Waals surface area contributed by atoms with E-state index in [1.54, 1.807) is 0 Å². The number of carboxylic acids is 1. The minimum absolute atomic E-state index is 0.0148. The van der Waals surface area contributed by atoms with Gasteiger partial charge in [-0.1, -0.05) is 0 Å². The second kappa shape index (κ2) is 14.4. The van der Waals surface area contributed by atoms with Crippen LogP contribution < -0.4 is 33.2 Å². The van der Waals surface area contributed by atoms with Crippen LogP contribution in [0.15, 0.2) is 4.99 Å². The fourth-order valence-electron chi connectivity index (χ4n) is 2.37. The fourth-order valence-corrected chi connectivity index (χ4v) is 2.63. The SMILES string of the molecule is CC(O)C(N)C(=O)NC(CS)C(=O)NC(CCCN=C(N)N)C(=O)NC(C(=O)O)C(C)O. The summed E-state index contributed by atoms with van der Waals surface area (Å²) >= 11 is 4.01. The van der Waals surface area contributed by atoms with Gasteiger partial charge in [0.05, 0.1) is 12.2 Å². The average molecular weight is 480 g/mol. The second-order valence-corrected chi connectivity index (χ2v) is 7.45. The smallest absolute Gasteiger partial charge is 0.328 e. The summed E-state index contributed by atoms with van der Waals surface area (Å²) in [6.07, 6.45) is -2.31. The lowest BCUT2D eigenvalue weighted by Crippen LogP contribution is -2.59. The standard InChI is InChI=1S/C17H33N7O7S/c1-7(25)11(18)15(29)23-10(6-32)14(28)22-9(4-3-5-21-17(19)20)13(27)24-12(8(2)26)16(30)31/h7-12,25-26,32H,3-6,18H2,1-2H3,(H,22,28)(H,23,29)(H,24,27)(H,30,31)(H4,19,20,21). The maximum absolute atomic E-state index is 12.6. The Morgan fingerprint density at radius 3 is 1.91 bits per heavy atom. The highest BCUT2D eigenvalue weighted by atomic mass is 32.1. The van der Waals surface area contributed by atoms with E-state index in [4.69, 9.17) is 22.3 Å². The topological polar surface area (TPSA) is 255 Å². The molecule has 15 heteroatoms. The molecule has 0 heterocycles. The summed E-state index contributed by atoms with van der Waals surface area (Å²) in [5.74, 6) is -4.26. The van der Waals surface area contributed by atoms with Crippen LogP contribution in [-0.4, -0.2) is 93.6 Å². The number of hydrogen-bond acceptors (Lipinski definition) is 9. The van der Waals surface area contributed by atoms with Gasteiger partial charge in [-0.3, -0.25) is 19.4 Å². The van der Waals surface area contributed by atoms with E-state index in [9.17, 15) is 29.4 Å². The first-order chi connectivity index (χ1) is 14.8. The van der Waals surface area contributed by atoms with Crippen LogP contribution in [0, 0.1) is 0 Å². The first-order valence-corrected chi connectivity index (χ1v) is 10.4. The summed E-state index contributed by atoms with van der Waals surface area (Å²) in [7, 11) is 0. The van der Waals surface area contributed by atoms with E-state index >= 15 is 0 Å². The van der Waals surface area contributed by atoms with Gasteiger partial charge in [-0.15, -0.1) is 0 Å². The molecule has 0 fully saturated rings. The number of carbonyl (C=O) groups excluding carboxylic acids is 3. The maximum atomic E-state index is 12.6. The Hall–Kier alpha value is -2.62. The molecule has 0 radical (unpaired) electrons. The molecule has 3 amide bonds. The van der Waals surface area contributed by atoms with Gasteiger partial charge in [0.1, 0.15) is 18.1 Å². The Morgan fingerprint density at radius 1 is 0.938 bits per heavy atom. The Labute approximate surface area is 190 Å². The highest BCUT2D eigenvalue weighted by Crippen LogP contribution is 2.03. The van der Waals surface area contributed by atoms with Crippen LogP contribution in [-0.2, 0) is 19.2 Å². The van der Waals surface area contributed by atoms with Gasteiger partial charge in [-0.2, -0.15) is 12.6 Å². The summed E-state index contributed by atoms with van der Waals surface area (Å²) in [5.41, 5.74) is 16.0. The van der Waals surface area contributed by atoms with Crippen molar-refractivity contribution in [2.24, 2.45) is 22.2 Å². The Kier molecular flexibility index (Phi) is 13.3. The third-order valence-corrected chi connectivity index (χ3v) is 4.63. The molecule has 0 saturated heterocycles. The molecule has 0 aromatic heterocycles. The van der Waals surface area contributed by atoms with E-state index in [-0.39, 0.29) is 31.1 Å². The number of nitrogens with one attached hydrogen (secondary N) is 3. The van der Waals surface area contributed by atoms with Gasteiger partial charge in [-0.05, 0) is 26.7 Å². The van der Waals surface area contributed by atoms with Crippen LogP contribution in [0.2, 0.25) is 0 Å². The van der Waals surface area contributed by atoms with E-state index in [1.807, 2.05) is 0 Å². The summed E-state index contributed by atoms with van der Waals surface area (Å²) < 4.78 is 0. The van der Waals surface area contributed by atoms with Crippen molar-refractivity contribution in [2.45, 2.75) is 63.1 Å². The van der Waals surface area contributed by atoms with E-state index in [0.29, 0.717) is 0 Å². The molecular weight excluding hydrogens is 446 g/mol. The first kappa shape index (κ1) is 29.4. The van der Waals surface area contributed by atoms with Crippen molar-refractivity contribution in [3.63, 3.8) is 0 Å². The molecule has 0 spiro atoms. The van der Waals surface area contributed by atoms with Gasteiger partial charge in [0.2, 0.25) is 17.7 Å². The number of aliphatic imine (C=N–C) groups is 1. The molecule has 0 aliphatic heterocycles. The number of aliphatic carboxylic acids is 1. The van der Waals surface area contributed by atoms with Gasteiger partial charge in [0.25, 0.3) is 0 Å². The molecule has 14 nitrogen and oxygen atoms in total. The molecule has 0 aliphatic carbocycles. The molecule has 0 saturated carbocycles. The number of carboxylic acid groups (broad SMARTS) is 1. The Morgan fingerprint density at radius 2 is 1.47 bits per heavy atom. The molecule has 0 rings (SSSR count). The van der Waals surface area contributed by atoms with Gasteiger partial charge in [0.15, 0.2) is 12.0 Å². The normalized spacial score (nSPS) is 16.4. The third kappa shape index (κ3) is 10.6. The summed E-state index contributed by atoms with van der Waals surface area (Å²) in [6, 6.07) is -5.33. The molecule has 0 aliphatic rings. The highest BCUT2D eigenvalue weighted by Gasteiger charge is 2.31. The van der Waals surface area contributed by atoms with Crippen LogP contribution in [0.1, 0.15) is 26.7 Å². The minimum atomic E-state index is -1.61. The van der Waals surface area contributed by atoms with Crippen molar-refractivity contribution in [3.8, 4) is 0 Å². The predicted molar refractivity (Wildman–Crippen MR) is 119 cm³/mol. The van der Waals surface area contributed by atoms with Crippen molar-refractivity contribution in [1.29, 1.82) is 0 Å². The number of amides is 3. The molecule has 6 atom stereocenters. The first-order valence-electron chi connectivity index (χ1n) is 9.73. The fraction of sp³-hybridized carbons (Fsp3) is 0.706. The van der Waals surface area contributed by atoms with Gasteiger partial charge in [-0.25, -0.2) is 4.79 Å². The zero-order valence-corrected chi connectivity index (χ0v) is 18.8. The lowest BCUT2D eigenvalue weighted by molar-refractivity contribution is -0.145. The quantitative estimate of drug-likeness (QED) is 0.0495. The number of rotatable bonds is 14. The number of hydrogen-bond donors (Lipinski definition) is 10. The zero-order valence-electron chi connectivity index (χ0n) is 17.9. The Balaban J connectivity index is 5.39. The van der Waals surface area contributed by atoms with Crippen molar-refractivity contribution >= 4 is 42.3 Å². The van der Waals surface area contributed by atoms with Gasteiger partial charge >= 0.3 is 5.97 Å². The van der Waals surface area contributed by atoms with E-state index in [2.05, 4.69) is 33.6 Å². The summed E-state index contributed by atoms with van der Waals surface area (Å²) in [6.45, 7) is 2.62. The van der Waals surface area contributed by atoms with E-state index in [0.717, 1.165) is 0 Å². The number of thiol groups is 1. The average Bonchev–Trinajstić information content (AvgIpc) is 2.70. The number of aliphatic hydroxyl groups is 2. The molecule has 0 bridgehead atoms. The van der Waals surface area contributed by atoms with Crippen molar-refractivity contribution < 1.29 is 34.5 Å². The van der Waals surface area contributed by atoms with Gasteiger partial charge < -0.3 is 48.5 Å². The van der Waals surface area contributed by atoms with Crippen LogP contribution in [0.4, 0.5) is 0 Å². The lowest BCUT2D eigenvalue weighted by Gasteiger charge is -2.25. The van der Waals surface area contributed by atoms with E-state index < -0.39 is 60.1 Å². The van der Waals surface area contributed by atoms with Crippen LogP contribution in [0.25, 0.3) is 0 Å². The minimum Gasteiger partial charge on any atom is -0.480 e. The Bertz CT molecular complexity index is 686. The number of aliphatic hydroxyl groups excluding tert-OH is 2. The number of nitrogens with two attached hydrogens (primary N) is 3. The van der Waals surface area contributed by atoms with Gasteiger partial charge in [0, 0.05) is 12.3 Å². The number of guanidine groups is 1. The summed E-state index contributed by atoms with van der Waals surface area (Å²) in [5, 5.41) is 35.0. The van der Waals surface area contributed by atoms with Crippen molar-refractivity contribution in [3.05, 3.63) is 0 Å². The molecule has 6 unspecified atom stereocenters. The third-order valence-electron chi connectivity index (χ3n) is 4.26. The molecule has 0 aromatic carbocycles. The van der Waals surface area contributed by atoms with E-state index in [1.165, 1.54) is 13.8 Å².